The standard InChI is InChI=1S/C11H11N3O4/c15-10-5-7(11(16)17)12-9-4-6(13-14(9)10)8-2-1-3-18-8/h4-5,8,13H,1-3H2,(H,16,17). The second-order valence-electron chi connectivity index (χ2n) is 4.19. The Labute approximate surface area is 101 Å². The van der Waals surface area contributed by atoms with Crippen LogP contribution >= 0.6 is 0 Å². The molecule has 0 saturated carbocycles. The molecular weight excluding hydrogens is 238 g/mol. The third kappa shape index (κ3) is 1.68. The van der Waals surface area contributed by atoms with Gasteiger partial charge in [0.05, 0.1) is 11.8 Å². The molecule has 0 amide bonds. The number of ether oxygens (including phenoxy) is 1. The number of hydrogen-bond donors (Lipinski definition) is 2. The van der Waals surface area contributed by atoms with Crippen molar-refractivity contribution < 1.29 is 14.6 Å². The summed E-state index contributed by atoms with van der Waals surface area (Å²) in [6, 6.07) is 2.65. The van der Waals surface area contributed by atoms with E-state index in [9.17, 15) is 9.59 Å². The van der Waals surface area contributed by atoms with Gasteiger partial charge < -0.3 is 9.84 Å². The molecule has 1 aliphatic heterocycles. The van der Waals surface area contributed by atoms with Crippen LogP contribution in [0.4, 0.5) is 0 Å². The minimum absolute atomic E-state index is 0.0700. The lowest BCUT2D eigenvalue weighted by Crippen LogP contribution is -2.17. The van der Waals surface area contributed by atoms with Gasteiger partial charge in [-0.25, -0.2) is 14.3 Å². The Balaban J connectivity index is 2.13. The molecule has 0 bridgehead atoms. The summed E-state index contributed by atoms with van der Waals surface area (Å²) in [4.78, 5) is 26.4. The lowest BCUT2D eigenvalue weighted by Gasteiger charge is -2.04. The van der Waals surface area contributed by atoms with E-state index >= 15 is 0 Å². The molecule has 18 heavy (non-hydrogen) atoms. The van der Waals surface area contributed by atoms with Gasteiger partial charge in [0, 0.05) is 18.7 Å². The minimum Gasteiger partial charge on any atom is -0.477 e. The number of aromatic amines is 1. The van der Waals surface area contributed by atoms with Crippen molar-refractivity contribution in [2.75, 3.05) is 6.61 Å². The number of aromatic nitrogens is 3. The average molecular weight is 249 g/mol. The predicted octanol–water partition coefficient (Wildman–Crippen LogP) is 0.572. The molecule has 1 aliphatic rings. The van der Waals surface area contributed by atoms with E-state index < -0.39 is 11.5 Å². The summed E-state index contributed by atoms with van der Waals surface area (Å²) in [5, 5.41) is 11.7. The number of fused-ring (bicyclic) bond motifs is 1. The highest BCUT2D eigenvalue weighted by Crippen LogP contribution is 2.27. The van der Waals surface area contributed by atoms with Crippen molar-refractivity contribution in [2.24, 2.45) is 0 Å². The fraction of sp³-hybridized carbons (Fsp3) is 0.364. The molecule has 3 rings (SSSR count). The average Bonchev–Trinajstić information content (AvgIpc) is 2.96. The van der Waals surface area contributed by atoms with Gasteiger partial charge in [0.2, 0.25) is 0 Å². The number of aromatic carboxylic acids is 1. The molecule has 7 nitrogen and oxygen atoms in total. The number of carbonyl (C=O) groups is 1. The van der Waals surface area contributed by atoms with Gasteiger partial charge in [0.25, 0.3) is 5.56 Å². The molecule has 1 fully saturated rings. The van der Waals surface area contributed by atoms with Crippen molar-refractivity contribution >= 4 is 11.6 Å². The molecular formula is C11H11N3O4. The van der Waals surface area contributed by atoms with Crippen molar-refractivity contribution in [1.82, 2.24) is 14.6 Å². The topological polar surface area (TPSA) is 96.7 Å². The Morgan fingerprint density at radius 1 is 1.56 bits per heavy atom. The van der Waals surface area contributed by atoms with Crippen molar-refractivity contribution in [1.29, 1.82) is 0 Å². The third-order valence-corrected chi connectivity index (χ3v) is 2.97. The lowest BCUT2D eigenvalue weighted by molar-refractivity contribution is 0.0690. The fourth-order valence-electron chi connectivity index (χ4n) is 2.11. The van der Waals surface area contributed by atoms with Gasteiger partial charge >= 0.3 is 5.97 Å². The fourth-order valence-corrected chi connectivity index (χ4v) is 2.11. The maximum absolute atomic E-state index is 11.7. The second kappa shape index (κ2) is 3.95. The van der Waals surface area contributed by atoms with Crippen LogP contribution in [0.15, 0.2) is 16.9 Å². The molecule has 2 aromatic heterocycles. The monoisotopic (exact) mass is 249 g/mol. The van der Waals surface area contributed by atoms with Crippen molar-refractivity contribution in [3.05, 3.63) is 33.9 Å². The van der Waals surface area contributed by atoms with E-state index in [2.05, 4.69) is 10.1 Å². The van der Waals surface area contributed by atoms with Crippen LogP contribution in [0.5, 0.6) is 0 Å². The molecule has 2 aromatic rings. The zero-order chi connectivity index (χ0) is 12.7. The molecule has 3 heterocycles. The molecule has 0 radical (unpaired) electrons. The van der Waals surface area contributed by atoms with Crippen LogP contribution in [0.3, 0.4) is 0 Å². The highest BCUT2D eigenvalue weighted by atomic mass is 16.5. The van der Waals surface area contributed by atoms with Gasteiger partial charge in [0.15, 0.2) is 11.3 Å². The summed E-state index contributed by atoms with van der Waals surface area (Å²) >= 11 is 0. The normalized spacial score (nSPS) is 19.4. The van der Waals surface area contributed by atoms with Gasteiger partial charge in [0.1, 0.15) is 0 Å². The van der Waals surface area contributed by atoms with E-state index in [-0.39, 0.29) is 11.8 Å². The third-order valence-electron chi connectivity index (χ3n) is 2.97. The molecule has 0 spiro atoms. The van der Waals surface area contributed by atoms with Crippen LogP contribution in [0, 0.1) is 0 Å². The van der Waals surface area contributed by atoms with E-state index in [0.717, 1.165) is 24.6 Å². The van der Waals surface area contributed by atoms with Gasteiger partial charge in [-0.05, 0) is 12.8 Å². The number of H-pyrrole nitrogens is 1. The largest absolute Gasteiger partial charge is 0.477 e. The number of nitrogens with zero attached hydrogens (tertiary/aromatic N) is 2. The van der Waals surface area contributed by atoms with Crippen molar-refractivity contribution in [3.63, 3.8) is 0 Å². The van der Waals surface area contributed by atoms with Crippen LogP contribution in [-0.4, -0.2) is 32.3 Å². The second-order valence-corrected chi connectivity index (χ2v) is 4.19. The first-order valence-electron chi connectivity index (χ1n) is 5.63. The van der Waals surface area contributed by atoms with E-state index in [1.165, 1.54) is 4.52 Å². The van der Waals surface area contributed by atoms with Gasteiger partial charge in [-0.1, -0.05) is 0 Å². The predicted molar refractivity (Wildman–Crippen MR) is 60.7 cm³/mol. The molecule has 7 heteroatoms. The summed E-state index contributed by atoms with van der Waals surface area (Å²) in [7, 11) is 0. The van der Waals surface area contributed by atoms with Crippen LogP contribution in [0.25, 0.3) is 5.65 Å². The maximum Gasteiger partial charge on any atom is 0.354 e. The molecule has 2 N–H and O–H groups in total. The first kappa shape index (κ1) is 11.0. The van der Waals surface area contributed by atoms with Gasteiger partial charge in [-0.3, -0.25) is 9.89 Å². The van der Waals surface area contributed by atoms with E-state index in [1.54, 1.807) is 6.07 Å². The highest BCUT2D eigenvalue weighted by molar-refractivity contribution is 5.85. The van der Waals surface area contributed by atoms with Crippen LogP contribution in [0.2, 0.25) is 0 Å². The first-order chi connectivity index (χ1) is 8.65. The number of nitrogens with one attached hydrogen (secondary N) is 1. The summed E-state index contributed by atoms with van der Waals surface area (Å²) in [5.41, 5.74) is 0.351. The number of hydrogen-bond acceptors (Lipinski definition) is 4. The van der Waals surface area contributed by atoms with E-state index in [4.69, 9.17) is 9.84 Å². The number of carboxylic acid groups (broad SMARTS) is 1. The van der Waals surface area contributed by atoms with Crippen molar-refractivity contribution in [3.8, 4) is 0 Å². The lowest BCUT2D eigenvalue weighted by atomic mass is 10.2. The van der Waals surface area contributed by atoms with E-state index in [0.29, 0.717) is 12.3 Å². The zero-order valence-corrected chi connectivity index (χ0v) is 9.42. The SMILES string of the molecule is O=C(O)c1cc(=O)n2[nH]c(C3CCCO3)cc2n1. The molecule has 1 unspecified atom stereocenters. The Morgan fingerprint density at radius 2 is 2.39 bits per heavy atom. The Morgan fingerprint density at radius 3 is 3.06 bits per heavy atom. The quantitative estimate of drug-likeness (QED) is 0.811. The Kier molecular flexibility index (Phi) is 2.41. The number of rotatable bonds is 2. The molecule has 0 aliphatic carbocycles. The maximum atomic E-state index is 11.7. The van der Waals surface area contributed by atoms with Crippen LogP contribution in [0.1, 0.15) is 35.1 Å². The van der Waals surface area contributed by atoms with Gasteiger partial charge in [-0.15, -0.1) is 0 Å². The van der Waals surface area contributed by atoms with Gasteiger partial charge in [-0.2, -0.15) is 0 Å². The summed E-state index contributed by atoms with van der Waals surface area (Å²) in [5.74, 6) is -1.21. The minimum atomic E-state index is -1.21. The molecule has 94 valence electrons. The summed E-state index contributed by atoms with van der Waals surface area (Å²) < 4.78 is 6.72. The summed E-state index contributed by atoms with van der Waals surface area (Å²) in [6.07, 6.45) is 1.79. The Hall–Kier alpha value is -2.15. The molecule has 1 saturated heterocycles. The van der Waals surface area contributed by atoms with E-state index in [1.807, 2.05) is 0 Å². The summed E-state index contributed by atoms with van der Waals surface area (Å²) in [6.45, 7) is 0.697. The molecule has 1 atom stereocenters. The van der Waals surface area contributed by atoms with Crippen LogP contribution in [-0.2, 0) is 4.74 Å². The first-order valence-corrected chi connectivity index (χ1v) is 5.63. The van der Waals surface area contributed by atoms with Crippen molar-refractivity contribution in [2.45, 2.75) is 18.9 Å². The highest BCUT2D eigenvalue weighted by Gasteiger charge is 2.21. The Bertz CT molecular complexity index is 666. The van der Waals surface area contributed by atoms with Crippen LogP contribution < -0.4 is 5.56 Å². The molecule has 0 aromatic carbocycles. The zero-order valence-electron chi connectivity index (χ0n) is 9.42. The number of carboxylic acids is 1. The smallest absolute Gasteiger partial charge is 0.354 e.